The van der Waals surface area contributed by atoms with E-state index in [0.717, 1.165) is 32.5 Å². The zero-order valence-electron chi connectivity index (χ0n) is 19.8. The van der Waals surface area contributed by atoms with Gasteiger partial charge in [-0.3, -0.25) is 4.79 Å². The van der Waals surface area contributed by atoms with Gasteiger partial charge in [-0.1, -0.05) is 61.7 Å². The summed E-state index contributed by atoms with van der Waals surface area (Å²) in [6.07, 6.45) is 8.64. The van der Waals surface area contributed by atoms with Crippen molar-refractivity contribution in [3.8, 4) is 11.3 Å². The first-order valence-corrected chi connectivity index (χ1v) is 12.9. The molecule has 0 atom stereocenters. The Morgan fingerprint density at radius 1 is 0.818 bits per heavy atom. The van der Waals surface area contributed by atoms with Crippen LogP contribution in [0.4, 0.5) is 0 Å². The van der Waals surface area contributed by atoms with Crippen LogP contribution in [0.5, 0.6) is 0 Å². The summed E-state index contributed by atoms with van der Waals surface area (Å²) in [5, 5.41) is 1.36. The SMILES string of the molecule is CN1CCC(N2Cc3ccccc3-c3c(C4CCCCC4)c4ccccc4n3CC2=O)CC1. The maximum Gasteiger partial charge on any atom is 0.243 e. The van der Waals surface area contributed by atoms with Gasteiger partial charge in [0.25, 0.3) is 0 Å². The molecule has 1 saturated heterocycles. The van der Waals surface area contributed by atoms with Crippen molar-refractivity contribution in [3.05, 3.63) is 59.7 Å². The second-order valence-corrected chi connectivity index (χ2v) is 10.4. The molecule has 0 radical (unpaired) electrons. The Labute approximate surface area is 197 Å². The molecule has 0 bridgehead atoms. The van der Waals surface area contributed by atoms with Crippen LogP contribution in [0.15, 0.2) is 48.5 Å². The van der Waals surface area contributed by atoms with E-state index >= 15 is 0 Å². The van der Waals surface area contributed by atoms with Crippen molar-refractivity contribution < 1.29 is 4.79 Å². The number of benzene rings is 2. The molecule has 4 nitrogen and oxygen atoms in total. The average molecular weight is 442 g/mol. The third-order valence-electron chi connectivity index (χ3n) is 8.38. The molecule has 6 rings (SSSR count). The summed E-state index contributed by atoms with van der Waals surface area (Å²) < 4.78 is 2.36. The maximum atomic E-state index is 13.8. The third-order valence-corrected chi connectivity index (χ3v) is 8.38. The molecule has 3 heterocycles. The second-order valence-electron chi connectivity index (χ2n) is 10.4. The monoisotopic (exact) mass is 441 g/mol. The van der Waals surface area contributed by atoms with Crippen LogP contribution in [-0.2, 0) is 17.9 Å². The Morgan fingerprint density at radius 3 is 2.36 bits per heavy atom. The number of hydrogen-bond donors (Lipinski definition) is 0. The number of piperidine rings is 1. The van der Waals surface area contributed by atoms with Gasteiger partial charge in [-0.15, -0.1) is 0 Å². The van der Waals surface area contributed by atoms with E-state index in [1.54, 1.807) is 0 Å². The predicted octanol–water partition coefficient (Wildman–Crippen LogP) is 5.79. The second kappa shape index (κ2) is 8.64. The predicted molar refractivity (Wildman–Crippen MR) is 134 cm³/mol. The van der Waals surface area contributed by atoms with Gasteiger partial charge in [-0.05, 0) is 68.9 Å². The van der Waals surface area contributed by atoms with E-state index in [4.69, 9.17) is 0 Å². The van der Waals surface area contributed by atoms with Crippen LogP contribution in [0.25, 0.3) is 22.2 Å². The molecule has 172 valence electrons. The Bertz CT molecular complexity index is 1160. The molecule has 1 saturated carbocycles. The molecule has 3 aromatic rings. The number of carbonyl (C=O) groups is 1. The molecular weight excluding hydrogens is 406 g/mol. The van der Waals surface area contributed by atoms with Gasteiger partial charge in [0, 0.05) is 29.1 Å². The van der Waals surface area contributed by atoms with E-state index in [0.29, 0.717) is 18.5 Å². The number of likely N-dealkylation sites (tertiary alicyclic amines) is 1. The van der Waals surface area contributed by atoms with Crippen LogP contribution in [0, 0.1) is 0 Å². The Kier molecular flexibility index (Phi) is 5.49. The van der Waals surface area contributed by atoms with E-state index in [9.17, 15) is 4.79 Å². The number of aromatic nitrogens is 1. The lowest BCUT2D eigenvalue weighted by atomic mass is 9.81. The lowest BCUT2D eigenvalue weighted by Gasteiger charge is -2.39. The van der Waals surface area contributed by atoms with Crippen molar-refractivity contribution >= 4 is 16.8 Å². The molecule has 2 aromatic carbocycles. The van der Waals surface area contributed by atoms with Gasteiger partial charge in [0.2, 0.25) is 5.91 Å². The number of rotatable bonds is 2. The van der Waals surface area contributed by atoms with Crippen LogP contribution >= 0.6 is 0 Å². The minimum absolute atomic E-state index is 0.274. The van der Waals surface area contributed by atoms with Gasteiger partial charge in [0.15, 0.2) is 0 Å². The summed E-state index contributed by atoms with van der Waals surface area (Å²) in [6.45, 7) is 3.32. The van der Waals surface area contributed by atoms with Crippen LogP contribution in [0.2, 0.25) is 0 Å². The van der Waals surface area contributed by atoms with Gasteiger partial charge in [0.05, 0.1) is 5.69 Å². The number of para-hydroxylation sites is 1. The van der Waals surface area contributed by atoms with Gasteiger partial charge in [-0.2, -0.15) is 0 Å². The number of carbonyl (C=O) groups excluding carboxylic acids is 1. The molecule has 1 aliphatic carbocycles. The summed E-state index contributed by atoms with van der Waals surface area (Å²) in [4.78, 5) is 18.4. The third kappa shape index (κ3) is 3.69. The van der Waals surface area contributed by atoms with Crippen molar-refractivity contribution in [1.82, 2.24) is 14.4 Å². The van der Waals surface area contributed by atoms with Crippen molar-refractivity contribution in [3.63, 3.8) is 0 Å². The quantitative estimate of drug-likeness (QED) is 0.503. The lowest BCUT2D eigenvalue weighted by Crippen LogP contribution is -2.47. The Balaban J connectivity index is 1.52. The highest BCUT2D eigenvalue weighted by atomic mass is 16.2. The molecule has 33 heavy (non-hydrogen) atoms. The molecule has 2 fully saturated rings. The molecule has 3 aliphatic rings. The van der Waals surface area contributed by atoms with Gasteiger partial charge in [0.1, 0.15) is 6.54 Å². The number of amides is 1. The zero-order valence-corrected chi connectivity index (χ0v) is 19.8. The number of nitrogens with zero attached hydrogens (tertiary/aromatic N) is 3. The van der Waals surface area contributed by atoms with Crippen LogP contribution < -0.4 is 0 Å². The fourth-order valence-electron chi connectivity index (χ4n) is 6.62. The molecule has 0 unspecified atom stereocenters. The summed E-state index contributed by atoms with van der Waals surface area (Å²) in [5.74, 6) is 0.865. The standard InChI is InChI=1S/C29H35N3O/c1-30-17-15-23(16-18-30)31-19-22-11-5-6-12-24(22)29-28(21-9-3-2-4-10-21)25-13-7-8-14-26(25)32(29)20-27(31)33/h5-8,11-14,21,23H,2-4,9-10,15-20H2,1H3. The van der Waals surface area contributed by atoms with Crippen LogP contribution in [0.1, 0.15) is 62.0 Å². The minimum atomic E-state index is 0.274. The van der Waals surface area contributed by atoms with Gasteiger partial charge >= 0.3 is 0 Å². The first-order valence-electron chi connectivity index (χ1n) is 12.9. The number of hydrogen-bond acceptors (Lipinski definition) is 2. The highest BCUT2D eigenvalue weighted by Crippen LogP contribution is 2.45. The van der Waals surface area contributed by atoms with Crippen molar-refractivity contribution in [2.45, 2.75) is 70.0 Å². The largest absolute Gasteiger partial charge is 0.334 e. The molecule has 1 aromatic heterocycles. The van der Waals surface area contributed by atoms with Crippen LogP contribution in [0.3, 0.4) is 0 Å². The topological polar surface area (TPSA) is 28.5 Å². The highest BCUT2D eigenvalue weighted by Gasteiger charge is 2.33. The molecule has 4 heteroatoms. The Morgan fingerprint density at radius 2 is 1.55 bits per heavy atom. The first-order chi connectivity index (χ1) is 16.2. The molecule has 0 N–H and O–H groups in total. The number of fused-ring (bicyclic) bond motifs is 5. The maximum absolute atomic E-state index is 13.8. The summed E-state index contributed by atoms with van der Waals surface area (Å²) in [6, 6.07) is 18.0. The van der Waals surface area contributed by atoms with Gasteiger partial charge in [-0.25, -0.2) is 0 Å². The minimum Gasteiger partial charge on any atom is -0.334 e. The summed E-state index contributed by atoms with van der Waals surface area (Å²) in [7, 11) is 2.19. The summed E-state index contributed by atoms with van der Waals surface area (Å²) >= 11 is 0. The van der Waals surface area contributed by atoms with E-state index in [1.165, 1.54) is 65.4 Å². The zero-order chi connectivity index (χ0) is 22.4. The van der Waals surface area contributed by atoms with Crippen molar-refractivity contribution in [1.29, 1.82) is 0 Å². The van der Waals surface area contributed by atoms with Crippen molar-refractivity contribution in [2.75, 3.05) is 20.1 Å². The smallest absolute Gasteiger partial charge is 0.243 e. The van der Waals surface area contributed by atoms with Gasteiger partial charge < -0.3 is 14.4 Å². The normalized spacial score (nSPS) is 21.0. The van der Waals surface area contributed by atoms with Crippen LogP contribution in [-0.4, -0.2) is 46.5 Å². The van der Waals surface area contributed by atoms with E-state index < -0.39 is 0 Å². The van der Waals surface area contributed by atoms with Crippen molar-refractivity contribution in [2.24, 2.45) is 0 Å². The molecule has 0 spiro atoms. The highest BCUT2D eigenvalue weighted by molar-refractivity contribution is 5.95. The molecule has 2 aliphatic heterocycles. The summed E-state index contributed by atoms with van der Waals surface area (Å²) in [5.41, 5.74) is 6.67. The van der Waals surface area contributed by atoms with E-state index in [-0.39, 0.29) is 5.91 Å². The van der Waals surface area contributed by atoms with E-state index in [1.807, 2.05) is 0 Å². The lowest BCUT2D eigenvalue weighted by molar-refractivity contribution is -0.135. The average Bonchev–Trinajstić information content (AvgIpc) is 3.16. The Hall–Kier alpha value is -2.59. The molecule has 1 amide bonds. The molecular formula is C29H35N3O. The first kappa shape index (κ1) is 21.0. The fourth-order valence-corrected chi connectivity index (χ4v) is 6.62. The van der Waals surface area contributed by atoms with E-state index in [2.05, 4.69) is 69.9 Å². The fraction of sp³-hybridized carbons (Fsp3) is 0.483.